The molecule has 0 spiro atoms. The third-order valence-electron chi connectivity index (χ3n) is 6.81. The molecule has 7 heteroatoms. The number of likely N-dealkylation sites (tertiary alicyclic amines) is 2. The van der Waals surface area contributed by atoms with Gasteiger partial charge in [0, 0.05) is 56.5 Å². The van der Waals surface area contributed by atoms with E-state index in [1.54, 1.807) is 12.4 Å². The predicted molar refractivity (Wildman–Crippen MR) is 132 cm³/mol. The number of rotatable bonds is 6. The molecule has 0 radical (unpaired) electrons. The third kappa shape index (κ3) is 5.19. The van der Waals surface area contributed by atoms with Crippen LogP contribution in [0, 0.1) is 6.92 Å². The van der Waals surface area contributed by atoms with Crippen molar-refractivity contribution in [3.8, 4) is 11.6 Å². The van der Waals surface area contributed by atoms with Crippen LogP contribution in [0.3, 0.4) is 0 Å². The number of carbonyl (C=O) groups excluding carboxylic acids is 2. The Morgan fingerprint density at radius 1 is 1.06 bits per heavy atom. The van der Waals surface area contributed by atoms with Crippen molar-refractivity contribution in [2.24, 2.45) is 0 Å². The number of nitrogens with zero attached hydrogens (tertiary/aromatic N) is 4. The quantitative estimate of drug-likeness (QED) is 0.521. The van der Waals surface area contributed by atoms with Gasteiger partial charge in [-0.25, -0.2) is 4.98 Å². The van der Waals surface area contributed by atoms with Crippen molar-refractivity contribution >= 4 is 11.8 Å². The molecule has 0 unspecified atom stereocenters. The summed E-state index contributed by atoms with van der Waals surface area (Å²) in [6, 6.07) is 15.5. The zero-order valence-electron chi connectivity index (χ0n) is 20.0. The summed E-state index contributed by atoms with van der Waals surface area (Å²) in [6.45, 7) is 4.62. The lowest BCUT2D eigenvalue weighted by Gasteiger charge is -2.33. The van der Waals surface area contributed by atoms with Gasteiger partial charge in [0.25, 0.3) is 5.91 Å². The number of amides is 2. The van der Waals surface area contributed by atoms with Crippen molar-refractivity contribution in [2.45, 2.75) is 45.1 Å². The van der Waals surface area contributed by atoms with Crippen molar-refractivity contribution in [2.75, 3.05) is 19.6 Å². The second kappa shape index (κ2) is 10.3. The molecule has 0 saturated carbocycles. The summed E-state index contributed by atoms with van der Waals surface area (Å²) in [7, 11) is 0. The smallest absolute Gasteiger partial charge is 0.253 e. The molecule has 2 fully saturated rings. The topological polar surface area (TPSA) is 75.6 Å². The molecule has 3 heterocycles. The fourth-order valence-corrected chi connectivity index (χ4v) is 4.93. The van der Waals surface area contributed by atoms with Crippen LogP contribution < -0.4 is 4.74 Å². The highest BCUT2D eigenvalue weighted by Crippen LogP contribution is 2.34. The van der Waals surface area contributed by atoms with Crippen LogP contribution in [0.25, 0.3) is 0 Å². The lowest BCUT2D eigenvalue weighted by atomic mass is 9.94. The number of piperidine rings is 1. The number of para-hydroxylation sites is 1. The predicted octanol–water partition coefficient (Wildman–Crippen LogP) is 4.72. The second-order valence-corrected chi connectivity index (χ2v) is 9.32. The molecule has 7 nitrogen and oxygen atoms in total. The summed E-state index contributed by atoms with van der Waals surface area (Å²) < 4.78 is 6.15. The van der Waals surface area contributed by atoms with Crippen molar-refractivity contribution in [1.82, 2.24) is 19.8 Å². The molecule has 2 saturated heterocycles. The fourth-order valence-electron chi connectivity index (χ4n) is 4.93. The van der Waals surface area contributed by atoms with Gasteiger partial charge in [-0.3, -0.25) is 14.6 Å². The van der Waals surface area contributed by atoms with Gasteiger partial charge in [0.1, 0.15) is 11.4 Å². The first kappa shape index (κ1) is 23.0. The Morgan fingerprint density at radius 2 is 1.91 bits per heavy atom. The van der Waals surface area contributed by atoms with E-state index in [0.29, 0.717) is 37.5 Å². The Bertz CT molecular complexity index is 1230. The minimum Gasteiger partial charge on any atom is -0.437 e. The number of carbonyl (C=O) groups is 2. The average molecular weight is 471 g/mol. The molecular formula is C28H30N4O3. The number of benzene rings is 2. The lowest BCUT2D eigenvalue weighted by Crippen LogP contribution is -2.39. The Morgan fingerprint density at radius 3 is 2.74 bits per heavy atom. The Hall–Kier alpha value is -3.74. The van der Waals surface area contributed by atoms with E-state index >= 15 is 0 Å². The molecule has 3 aromatic rings. The Kier molecular flexibility index (Phi) is 6.75. The van der Waals surface area contributed by atoms with Crippen LogP contribution in [0.2, 0.25) is 0 Å². The molecule has 2 aliphatic rings. The summed E-state index contributed by atoms with van der Waals surface area (Å²) in [5, 5.41) is 0. The van der Waals surface area contributed by atoms with E-state index in [-0.39, 0.29) is 17.7 Å². The van der Waals surface area contributed by atoms with E-state index in [2.05, 4.69) is 9.97 Å². The first-order chi connectivity index (χ1) is 17.1. The number of aromatic nitrogens is 2. The van der Waals surface area contributed by atoms with Gasteiger partial charge < -0.3 is 14.5 Å². The van der Waals surface area contributed by atoms with Crippen LogP contribution in [-0.4, -0.2) is 51.2 Å². The number of ether oxygens (including phenoxy) is 1. The zero-order chi connectivity index (χ0) is 24.2. The molecule has 180 valence electrons. The molecule has 0 bridgehead atoms. The molecule has 0 N–H and O–H groups in total. The molecule has 2 aromatic carbocycles. The highest BCUT2D eigenvalue weighted by molar-refractivity contribution is 5.94. The maximum absolute atomic E-state index is 13.4. The highest BCUT2D eigenvalue weighted by Gasteiger charge is 2.29. The standard InChI is InChI=1S/C28H30N4O3/c1-20-7-2-3-11-24(20)35-27-26(29-13-14-30-27)23-10-5-16-32(19-23)28(34)22-9-4-8-21(17-22)18-31-15-6-12-25(31)33/h2-4,7-9,11,13-14,17,23H,5-6,10,12,15-16,18-19H2,1H3/t23-/m1/s1. The maximum atomic E-state index is 13.4. The lowest BCUT2D eigenvalue weighted by molar-refractivity contribution is -0.128. The van der Waals surface area contributed by atoms with Crippen molar-refractivity contribution in [1.29, 1.82) is 0 Å². The van der Waals surface area contributed by atoms with E-state index in [9.17, 15) is 9.59 Å². The van der Waals surface area contributed by atoms with Gasteiger partial charge in [-0.2, -0.15) is 0 Å². The van der Waals surface area contributed by atoms with Gasteiger partial charge >= 0.3 is 0 Å². The van der Waals surface area contributed by atoms with E-state index in [4.69, 9.17) is 4.74 Å². The van der Waals surface area contributed by atoms with Crippen LogP contribution in [0.15, 0.2) is 60.9 Å². The Labute approximate surface area is 205 Å². The first-order valence-corrected chi connectivity index (χ1v) is 12.3. The van der Waals surface area contributed by atoms with Gasteiger partial charge in [-0.05, 0) is 55.5 Å². The van der Waals surface area contributed by atoms with Crippen molar-refractivity contribution in [3.63, 3.8) is 0 Å². The van der Waals surface area contributed by atoms with Gasteiger partial charge in [0.05, 0.1) is 0 Å². The van der Waals surface area contributed by atoms with E-state index < -0.39 is 0 Å². The van der Waals surface area contributed by atoms with Crippen molar-refractivity contribution in [3.05, 3.63) is 83.3 Å². The van der Waals surface area contributed by atoms with E-state index in [0.717, 1.165) is 48.4 Å². The van der Waals surface area contributed by atoms with Gasteiger partial charge in [-0.1, -0.05) is 30.3 Å². The maximum Gasteiger partial charge on any atom is 0.253 e. The molecule has 5 rings (SSSR count). The summed E-state index contributed by atoms with van der Waals surface area (Å²) >= 11 is 0. The summed E-state index contributed by atoms with van der Waals surface area (Å²) in [6.07, 6.45) is 6.65. The Balaban J connectivity index is 1.31. The van der Waals surface area contributed by atoms with Crippen molar-refractivity contribution < 1.29 is 14.3 Å². The first-order valence-electron chi connectivity index (χ1n) is 12.3. The van der Waals surface area contributed by atoms with Crippen LogP contribution in [0.1, 0.15) is 58.8 Å². The third-order valence-corrected chi connectivity index (χ3v) is 6.81. The minimum atomic E-state index is 0.00885. The van der Waals surface area contributed by atoms with Crippen LogP contribution in [0.5, 0.6) is 11.6 Å². The van der Waals surface area contributed by atoms with E-state index in [1.807, 2.05) is 65.3 Å². The molecule has 2 aliphatic heterocycles. The highest BCUT2D eigenvalue weighted by atomic mass is 16.5. The van der Waals surface area contributed by atoms with Gasteiger partial charge in [-0.15, -0.1) is 0 Å². The number of hydrogen-bond acceptors (Lipinski definition) is 5. The minimum absolute atomic E-state index is 0.00885. The zero-order valence-corrected chi connectivity index (χ0v) is 20.0. The molecule has 1 aromatic heterocycles. The average Bonchev–Trinajstić information content (AvgIpc) is 3.29. The number of aryl methyl sites for hydroxylation is 1. The second-order valence-electron chi connectivity index (χ2n) is 9.32. The van der Waals surface area contributed by atoms with Crippen LogP contribution >= 0.6 is 0 Å². The summed E-state index contributed by atoms with van der Waals surface area (Å²) in [5.74, 6) is 1.50. The van der Waals surface area contributed by atoms with Gasteiger partial charge in [0.15, 0.2) is 0 Å². The van der Waals surface area contributed by atoms with Gasteiger partial charge in [0.2, 0.25) is 11.8 Å². The molecule has 2 amide bonds. The van der Waals surface area contributed by atoms with Crippen LogP contribution in [0.4, 0.5) is 0 Å². The summed E-state index contributed by atoms with van der Waals surface area (Å²) in [5.41, 5.74) is 3.46. The molecule has 0 aliphatic carbocycles. The number of hydrogen-bond donors (Lipinski definition) is 0. The SMILES string of the molecule is Cc1ccccc1Oc1nccnc1[C@@H]1CCCN(C(=O)c2cccc(CN3CCCC3=O)c2)C1. The normalized spacial score (nSPS) is 18.1. The summed E-state index contributed by atoms with van der Waals surface area (Å²) in [4.78, 5) is 38.3. The molecule has 1 atom stereocenters. The van der Waals surface area contributed by atoms with Crippen LogP contribution in [-0.2, 0) is 11.3 Å². The fraction of sp³-hybridized carbons (Fsp3) is 0.357. The molecule has 35 heavy (non-hydrogen) atoms. The monoisotopic (exact) mass is 470 g/mol. The van der Waals surface area contributed by atoms with E-state index in [1.165, 1.54) is 0 Å². The largest absolute Gasteiger partial charge is 0.437 e. The molecular weight excluding hydrogens is 440 g/mol.